The molecule has 3 N–H and O–H groups in total. The van der Waals surface area contributed by atoms with E-state index >= 15 is 0 Å². The van der Waals surface area contributed by atoms with Gasteiger partial charge in [0, 0.05) is 25.1 Å². The number of carbonyl (C=O) groups excluding carboxylic acids is 1. The van der Waals surface area contributed by atoms with Gasteiger partial charge in [0.15, 0.2) is 0 Å². The molecule has 4 atom stereocenters. The zero-order valence-electron chi connectivity index (χ0n) is 11.4. The van der Waals surface area contributed by atoms with Gasteiger partial charge < -0.3 is 15.8 Å². The van der Waals surface area contributed by atoms with Crippen LogP contribution in [0.15, 0.2) is 0 Å². The highest BCUT2D eigenvalue weighted by Crippen LogP contribution is 2.25. The van der Waals surface area contributed by atoms with Crippen LogP contribution in [-0.4, -0.2) is 31.2 Å². The maximum atomic E-state index is 12.1. The Balaban J connectivity index is 1.77. The van der Waals surface area contributed by atoms with E-state index in [1.807, 2.05) is 0 Å². The topological polar surface area (TPSA) is 64.3 Å². The molecule has 2 fully saturated rings. The molecule has 18 heavy (non-hydrogen) atoms. The van der Waals surface area contributed by atoms with E-state index < -0.39 is 0 Å². The summed E-state index contributed by atoms with van der Waals surface area (Å²) in [6.45, 7) is 3.73. The van der Waals surface area contributed by atoms with Crippen LogP contribution >= 0.6 is 0 Å². The van der Waals surface area contributed by atoms with Crippen molar-refractivity contribution in [2.24, 2.45) is 17.6 Å². The maximum absolute atomic E-state index is 12.1. The third kappa shape index (κ3) is 3.23. The number of ether oxygens (including phenoxy) is 1. The molecule has 0 bridgehead atoms. The van der Waals surface area contributed by atoms with Crippen molar-refractivity contribution in [2.75, 3.05) is 13.2 Å². The van der Waals surface area contributed by atoms with Crippen LogP contribution < -0.4 is 11.1 Å². The molecule has 2 rings (SSSR count). The van der Waals surface area contributed by atoms with Gasteiger partial charge in [0.1, 0.15) is 0 Å². The molecule has 0 spiro atoms. The quantitative estimate of drug-likeness (QED) is 0.798. The second-order valence-corrected chi connectivity index (χ2v) is 5.67. The van der Waals surface area contributed by atoms with E-state index in [-0.39, 0.29) is 17.9 Å². The number of hydrogen-bond acceptors (Lipinski definition) is 3. The van der Waals surface area contributed by atoms with Crippen molar-refractivity contribution in [3.05, 3.63) is 0 Å². The van der Waals surface area contributed by atoms with Crippen LogP contribution in [0.3, 0.4) is 0 Å². The molecular formula is C14H26N2O2. The summed E-state index contributed by atoms with van der Waals surface area (Å²) in [5, 5.41) is 3.09. The van der Waals surface area contributed by atoms with Gasteiger partial charge in [-0.25, -0.2) is 0 Å². The minimum absolute atomic E-state index is 0.0288. The van der Waals surface area contributed by atoms with Crippen molar-refractivity contribution in [3.8, 4) is 0 Å². The van der Waals surface area contributed by atoms with E-state index in [1.54, 1.807) is 0 Å². The normalized spacial score (nSPS) is 36.6. The number of nitrogens with one attached hydrogen (secondary N) is 1. The van der Waals surface area contributed by atoms with Crippen molar-refractivity contribution < 1.29 is 9.53 Å². The first-order valence-corrected chi connectivity index (χ1v) is 7.37. The lowest BCUT2D eigenvalue weighted by Crippen LogP contribution is -2.45. The first-order chi connectivity index (χ1) is 8.72. The fourth-order valence-electron chi connectivity index (χ4n) is 3.23. The summed E-state index contributed by atoms with van der Waals surface area (Å²) in [5.41, 5.74) is 6.03. The number of amides is 1. The van der Waals surface area contributed by atoms with Crippen LogP contribution in [-0.2, 0) is 9.53 Å². The van der Waals surface area contributed by atoms with E-state index in [4.69, 9.17) is 10.5 Å². The Labute approximate surface area is 110 Å². The molecule has 1 saturated heterocycles. The van der Waals surface area contributed by atoms with E-state index in [2.05, 4.69) is 12.2 Å². The molecule has 4 heteroatoms. The summed E-state index contributed by atoms with van der Waals surface area (Å²) >= 11 is 0. The van der Waals surface area contributed by atoms with Crippen LogP contribution in [0, 0.1) is 11.8 Å². The molecule has 0 radical (unpaired) electrons. The van der Waals surface area contributed by atoms with Gasteiger partial charge in [-0.15, -0.1) is 0 Å². The Hall–Kier alpha value is -0.610. The van der Waals surface area contributed by atoms with Gasteiger partial charge >= 0.3 is 0 Å². The third-order valence-corrected chi connectivity index (χ3v) is 4.44. The highest BCUT2D eigenvalue weighted by molar-refractivity contribution is 5.79. The van der Waals surface area contributed by atoms with Gasteiger partial charge in [-0.1, -0.05) is 19.8 Å². The maximum Gasteiger partial charge on any atom is 0.224 e. The van der Waals surface area contributed by atoms with Gasteiger partial charge in [-0.3, -0.25) is 4.79 Å². The zero-order valence-corrected chi connectivity index (χ0v) is 11.4. The summed E-state index contributed by atoms with van der Waals surface area (Å²) in [5.74, 6) is 0.670. The third-order valence-electron chi connectivity index (χ3n) is 4.44. The summed E-state index contributed by atoms with van der Waals surface area (Å²) < 4.78 is 5.64. The minimum Gasteiger partial charge on any atom is -0.378 e. The number of carbonyl (C=O) groups is 1. The van der Waals surface area contributed by atoms with Gasteiger partial charge in [0.25, 0.3) is 0 Å². The Morgan fingerprint density at radius 3 is 2.83 bits per heavy atom. The molecule has 1 amide bonds. The molecular weight excluding hydrogens is 228 g/mol. The van der Waals surface area contributed by atoms with Gasteiger partial charge in [0.05, 0.1) is 12.0 Å². The minimum atomic E-state index is 0.0288. The Kier molecular flexibility index (Phi) is 5.01. The summed E-state index contributed by atoms with van der Waals surface area (Å²) in [7, 11) is 0. The molecule has 104 valence electrons. The first-order valence-electron chi connectivity index (χ1n) is 7.37. The monoisotopic (exact) mass is 254 g/mol. The first kappa shape index (κ1) is 13.8. The Morgan fingerprint density at radius 2 is 2.11 bits per heavy atom. The van der Waals surface area contributed by atoms with Crippen molar-refractivity contribution >= 4 is 5.91 Å². The lowest BCUT2D eigenvalue weighted by Gasteiger charge is -2.28. The molecule has 0 aromatic heterocycles. The fraction of sp³-hybridized carbons (Fsp3) is 0.929. The Bertz CT molecular complexity index is 283. The molecule has 2 aliphatic rings. The standard InChI is InChI=1S/C14H26N2O2/c1-2-13-10(7-8-18-13)9-16-14(17)11-5-3-4-6-12(11)15/h10-13H,2-9,15H2,1H3,(H,16,17). The lowest BCUT2D eigenvalue weighted by molar-refractivity contribution is -0.126. The SMILES string of the molecule is CCC1OCCC1CNC(=O)C1CCCCC1N. The summed E-state index contributed by atoms with van der Waals surface area (Å²) in [6, 6.07) is 0.0561. The number of nitrogens with two attached hydrogens (primary N) is 1. The number of hydrogen-bond donors (Lipinski definition) is 2. The zero-order chi connectivity index (χ0) is 13.0. The van der Waals surface area contributed by atoms with Crippen molar-refractivity contribution in [2.45, 2.75) is 57.6 Å². The van der Waals surface area contributed by atoms with Crippen LogP contribution in [0.25, 0.3) is 0 Å². The highest BCUT2D eigenvalue weighted by atomic mass is 16.5. The average molecular weight is 254 g/mol. The predicted octanol–water partition coefficient (Wildman–Crippen LogP) is 1.44. The van der Waals surface area contributed by atoms with Crippen molar-refractivity contribution in [1.82, 2.24) is 5.32 Å². The molecule has 1 aliphatic carbocycles. The van der Waals surface area contributed by atoms with E-state index in [9.17, 15) is 4.79 Å². The fourth-order valence-corrected chi connectivity index (χ4v) is 3.23. The second kappa shape index (κ2) is 6.53. The molecule has 4 nitrogen and oxygen atoms in total. The Morgan fingerprint density at radius 1 is 1.33 bits per heavy atom. The molecule has 1 aliphatic heterocycles. The highest BCUT2D eigenvalue weighted by Gasteiger charge is 2.30. The molecule has 0 aromatic rings. The van der Waals surface area contributed by atoms with E-state index in [1.165, 1.54) is 6.42 Å². The van der Waals surface area contributed by atoms with Gasteiger partial charge in [-0.2, -0.15) is 0 Å². The van der Waals surface area contributed by atoms with Gasteiger partial charge in [-0.05, 0) is 25.7 Å². The molecule has 0 aromatic carbocycles. The number of rotatable bonds is 4. The predicted molar refractivity (Wildman–Crippen MR) is 71.1 cm³/mol. The van der Waals surface area contributed by atoms with Crippen LogP contribution in [0.4, 0.5) is 0 Å². The smallest absolute Gasteiger partial charge is 0.224 e. The summed E-state index contributed by atoms with van der Waals surface area (Å²) in [6.07, 6.45) is 6.66. The second-order valence-electron chi connectivity index (χ2n) is 5.67. The van der Waals surface area contributed by atoms with Crippen molar-refractivity contribution in [3.63, 3.8) is 0 Å². The van der Waals surface area contributed by atoms with Crippen LogP contribution in [0.5, 0.6) is 0 Å². The van der Waals surface area contributed by atoms with E-state index in [0.29, 0.717) is 12.0 Å². The van der Waals surface area contributed by atoms with Crippen molar-refractivity contribution in [1.29, 1.82) is 0 Å². The van der Waals surface area contributed by atoms with Crippen LogP contribution in [0.2, 0.25) is 0 Å². The van der Waals surface area contributed by atoms with Crippen LogP contribution in [0.1, 0.15) is 45.4 Å². The van der Waals surface area contributed by atoms with Gasteiger partial charge in [0.2, 0.25) is 5.91 Å². The lowest BCUT2D eigenvalue weighted by atomic mass is 9.84. The summed E-state index contributed by atoms with van der Waals surface area (Å²) in [4.78, 5) is 12.1. The average Bonchev–Trinajstić information content (AvgIpc) is 2.84. The molecule has 1 heterocycles. The van der Waals surface area contributed by atoms with E-state index in [0.717, 1.165) is 45.3 Å². The molecule has 4 unspecified atom stereocenters. The largest absolute Gasteiger partial charge is 0.378 e. The molecule has 1 saturated carbocycles.